The minimum Gasteiger partial charge on any atom is -0.497 e. The second-order valence-corrected chi connectivity index (χ2v) is 7.96. The lowest BCUT2D eigenvalue weighted by atomic mass is 9.78. The minimum atomic E-state index is 0.0117. The fourth-order valence-electron chi connectivity index (χ4n) is 3.73. The number of carbonyl (C=O) groups is 2. The highest BCUT2D eigenvalue weighted by molar-refractivity contribution is 7.12. The summed E-state index contributed by atoms with van der Waals surface area (Å²) in [6.07, 6.45) is 4.88. The van der Waals surface area contributed by atoms with E-state index in [1.165, 1.54) is 29.7 Å². The van der Waals surface area contributed by atoms with Crippen molar-refractivity contribution in [3.63, 3.8) is 0 Å². The van der Waals surface area contributed by atoms with Crippen molar-refractivity contribution in [2.45, 2.75) is 44.4 Å². The number of hydrogen-bond acceptors (Lipinski definition) is 4. The van der Waals surface area contributed by atoms with Crippen LogP contribution in [0, 0.1) is 0 Å². The van der Waals surface area contributed by atoms with Crippen LogP contribution < -0.4 is 10.1 Å². The molecule has 1 aromatic carbocycles. The van der Waals surface area contributed by atoms with Gasteiger partial charge in [0.05, 0.1) is 18.4 Å². The van der Waals surface area contributed by atoms with Crippen LogP contribution in [0.15, 0.2) is 35.7 Å². The van der Waals surface area contributed by atoms with E-state index in [1.54, 1.807) is 14.0 Å². The van der Waals surface area contributed by atoms with Crippen LogP contribution in [0.2, 0.25) is 0 Å². The van der Waals surface area contributed by atoms with Crippen molar-refractivity contribution in [3.05, 3.63) is 51.7 Å². The Bertz CT molecular complexity index is 773. The van der Waals surface area contributed by atoms with Crippen molar-refractivity contribution in [1.82, 2.24) is 5.32 Å². The summed E-state index contributed by atoms with van der Waals surface area (Å²) in [6.45, 7) is 2.20. The van der Waals surface area contributed by atoms with Crippen LogP contribution in [-0.2, 0) is 16.6 Å². The normalized spacial score (nSPS) is 15.6. The minimum absolute atomic E-state index is 0.0117. The molecule has 5 heteroatoms. The monoisotopic (exact) mass is 371 g/mol. The number of nitrogens with one attached hydrogen (secondary N) is 1. The molecule has 0 unspecified atom stereocenters. The predicted octanol–water partition coefficient (Wildman–Crippen LogP) is 4.13. The highest BCUT2D eigenvalue weighted by Crippen LogP contribution is 2.41. The molecule has 1 aromatic heterocycles. The number of thiophene rings is 1. The Morgan fingerprint density at radius 1 is 1.19 bits per heavy atom. The highest BCUT2D eigenvalue weighted by Gasteiger charge is 2.35. The smallest absolute Gasteiger partial charge is 0.224 e. The molecule has 1 heterocycles. The van der Waals surface area contributed by atoms with Crippen LogP contribution >= 0.6 is 11.3 Å². The van der Waals surface area contributed by atoms with Crippen LogP contribution in [0.4, 0.5) is 0 Å². The van der Waals surface area contributed by atoms with Crippen LogP contribution in [-0.4, -0.2) is 25.3 Å². The van der Waals surface area contributed by atoms with Gasteiger partial charge in [0.2, 0.25) is 5.91 Å². The molecule has 1 saturated carbocycles. The zero-order valence-corrected chi connectivity index (χ0v) is 16.2. The third-order valence-electron chi connectivity index (χ3n) is 5.25. The Balaban J connectivity index is 1.64. The van der Waals surface area contributed by atoms with Crippen molar-refractivity contribution in [2.24, 2.45) is 0 Å². The molecule has 1 aliphatic carbocycles. The number of ketones is 1. The summed E-state index contributed by atoms with van der Waals surface area (Å²) in [7, 11) is 1.67. The first-order chi connectivity index (χ1) is 12.5. The molecule has 1 aliphatic rings. The molecular weight excluding hydrogens is 346 g/mol. The summed E-state index contributed by atoms with van der Waals surface area (Å²) < 4.78 is 5.26. The number of methoxy groups -OCH3 is 1. The van der Waals surface area contributed by atoms with Gasteiger partial charge in [-0.05, 0) is 54.5 Å². The van der Waals surface area contributed by atoms with E-state index in [4.69, 9.17) is 4.74 Å². The van der Waals surface area contributed by atoms with Gasteiger partial charge >= 0.3 is 0 Å². The zero-order valence-electron chi connectivity index (χ0n) is 15.3. The summed E-state index contributed by atoms with van der Waals surface area (Å²) in [5.41, 5.74) is 2.19. The topological polar surface area (TPSA) is 55.4 Å². The van der Waals surface area contributed by atoms with Crippen LogP contribution in [0.3, 0.4) is 0 Å². The average molecular weight is 372 g/mol. The van der Waals surface area contributed by atoms with Gasteiger partial charge in [-0.3, -0.25) is 9.59 Å². The number of carbonyl (C=O) groups excluding carboxylic acids is 2. The Hall–Kier alpha value is -2.14. The first kappa shape index (κ1) is 18.6. The van der Waals surface area contributed by atoms with Crippen LogP contribution in [0.1, 0.15) is 53.4 Å². The molecule has 2 aromatic rings. The zero-order chi connectivity index (χ0) is 18.6. The summed E-state index contributed by atoms with van der Waals surface area (Å²) in [4.78, 5) is 24.5. The van der Waals surface area contributed by atoms with Gasteiger partial charge in [-0.1, -0.05) is 25.0 Å². The summed E-state index contributed by atoms with van der Waals surface area (Å²) in [5, 5.41) is 5.02. The fourth-order valence-corrected chi connectivity index (χ4v) is 4.55. The number of ether oxygens (including phenoxy) is 1. The number of Topliss-reactive ketones (excluding diaryl/α,β-unsaturated/α-hetero) is 1. The molecule has 1 N–H and O–H groups in total. The van der Waals surface area contributed by atoms with Gasteiger partial charge in [0.15, 0.2) is 5.78 Å². The van der Waals surface area contributed by atoms with Gasteiger partial charge < -0.3 is 10.1 Å². The van der Waals surface area contributed by atoms with Crippen molar-refractivity contribution in [3.8, 4) is 5.75 Å². The first-order valence-corrected chi connectivity index (χ1v) is 9.90. The lowest BCUT2D eigenvalue weighted by Crippen LogP contribution is -2.39. The molecule has 0 radical (unpaired) electrons. The van der Waals surface area contributed by atoms with E-state index in [2.05, 4.69) is 17.4 Å². The van der Waals surface area contributed by atoms with Gasteiger partial charge in [-0.2, -0.15) is 0 Å². The molecule has 4 nitrogen and oxygen atoms in total. The Morgan fingerprint density at radius 2 is 1.88 bits per heavy atom. The molecule has 0 spiro atoms. The van der Waals surface area contributed by atoms with Gasteiger partial charge in [0.25, 0.3) is 0 Å². The largest absolute Gasteiger partial charge is 0.497 e. The van der Waals surface area contributed by atoms with Crippen LogP contribution in [0.25, 0.3) is 0 Å². The van der Waals surface area contributed by atoms with E-state index in [1.807, 2.05) is 23.6 Å². The molecule has 0 saturated heterocycles. The Morgan fingerprint density at radius 3 is 2.46 bits per heavy atom. The summed E-state index contributed by atoms with van der Waals surface area (Å²) >= 11 is 1.40. The Kier molecular flexibility index (Phi) is 5.77. The highest BCUT2D eigenvalue weighted by atomic mass is 32.1. The van der Waals surface area contributed by atoms with Gasteiger partial charge in [0, 0.05) is 12.0 Å². The number of hydrogen-bond donors (Lipinski definition) is 1. The molecule has 1 amide bonds. The van der Waals surface area contributed by atoms with Crippen molar-refractivity contribution < 1.29 is 14.3 Å². The average Bonchev–Trinajstić information content (AvgIpc) is 3.30. The second-order valence-electron chi connectivity index (χ2n) is 7.04. The quantitative estimate of drug-likeness (QED) is 0.745. The SMILES string of the molecule is COc1ccc(C2(CNC(=O)Cc3csc(C(C)=O)c3)CCCC2)cc1. The molecule has 3 rings (SSSR count). The van der Waals surface area contributed by atoms with Gasteiger partial charge in [0.1, 0.15) is 5.75 Å². The maximum Gasteiger partial charge on any atom is 0.224 e. The van der Waals surface area contributed by atoms with E-state index >= 15 is 0 Å². The lowest BCUT2D eigenvalue weighted by molar-refractivity contribution is -0.120. The third kappa shape index (κ3) is 4.15. The second kappa shape index (κ2) is 8.04. The number of rotatable bonds is 7. The van der Waals surface area contributed by atoms with E-state index in [9.17, 15) is 9.59 Å². The molecule has 138 valence electrons. The van der Waals surface area contributed by atoms with Crippen molar-refractivity contribution in [1.29, 1.82) is 0 Å². The standard InChI is InChI=1S/C21H25NO3S/c1-15(23)19-11-16(13-26-19)12-20(24)22-14-21(9-3-4-10-21)17-5-7-18(25-2)8-6-17/h5-8,11,13H,3-4,9-10,12,14H2,1-2H3,(H,22,24). The number of amides is 1. The van der Waals surface area contributed by atoms with E-state index in [0.29, 0.717) is 17.8 Å². The predicted molar refractivity (Wildman–Crippen MR) is 104 cm³/mol. The van der Waals surface area contributed by atoms with Crippen molar-refractivity contribution in [2.75, 3.05) is 13.7 Å². The maximum atomic E-state index is 12.4. The molecule has 0 atom stereocenters. The molecule has 0 aliphatic heterocycles. The van der Waals surface area contributed by atoms with Gasteiger partial charge in [-0.25, -0.2) is 0 Å². The Labute approximate surface area is 158 Å². The van der Waals surface area contributed by atoms with Gasteiger partial charge in [-0.15, -0.1) is 11.3 Å². The summed E-state index contributed by atoms with van der Waals surface area (Å²) in [5.74, 6) is 0.911. The lowest BCUT2D eigenvalue weighted by Gasteiger charge is -2.30. The molecule has 1 fully saturated rings. The van der Waals surface area contributed by atoms with E-state index in [-0.39, 0.29) is 17.1 Å². The van der Waals surface area contributed by atoms with Crippen LogP contribution in [0.5, 0.6) is 5.75 Å². The summed E-state index contributed by atoms with van der Waals surface area (Å²) in [6, 6.07) is 10.0. The fraction of sp³-hybridized carbons (Fsp3) is 0.429. The molecule has 26 heavy (non-hydrogen) atoms. The van der Waals surface area contributed by atoms with E-state index in [0.717, 1.165) is 24.2 Å². The van der Waals surface area contributed by atoms with E-state index < -0.39 is 0 Å². The van der Waals surface area contributed by atoms with Crippen molar-refractivity contribution >= 4 is 23.0 Å². The number of benzene rings is 1. The molecular formula is C21H25NO3S. The first-order valence-electron chi connectivity index (χ1n) is 9.02. The molecule has 0 bridgehead atoms. The third-order valence-corrected chi connectivity index (χ3v) is 6.33. The maximum absolute atomic E-state index is 12.4.